The first kappa shape index (κ1) is 17.7. The minimum atomic E-state index is -0.0319. The molecule has 1 saturated heterocycles. The maximum absolute atomic E-state index is 12.4. The molecule has 2 aromatic rings. The van der Waals surface area contributed by atoms with E-state index in [1.54, 1.807) is 18.3 Å². The quantitative estimate of drug-likeness (QED) is 0.808. The summed E-state index contributed by atoms with van der Waals surface area (Å²) in [5, 5.41) is 12.3. The number of carbonyl (C=O) groups excluding carboxylic acids is 1. The lowest BCUT2D eigenvalue weighted by Crippen LogP contribution is -2.38. The molecule has 0 spiro atoms. The molecule has 0 bridgehead atoms. The van der Waals surface area contributed by atoms with Crippen LogP contribution in [-0.2, 0) is 4.79 Å². The minimum Gasteiger partial charge on any atom is -0.371 e. The average molecular weight is 420 g/mol. The fourth-order valence-corrected chi connectivity index (χ4v) is 3.32. The van der Waals surface area contributed by atoms with Gasteiger partial charge >= 0.3 is 0 Å². The van der Waals surface area contributed by atoms with Gasteiger partial charge in [0.1, 0.15) is 11.9 Å². The van der Waals surface area contributed by atoms with E-state index in [2.05, 4.69) is 37.2 Å². The number of hydrogen-bond acceptors (Lipinski definition) is 4. The molecular formula is C18H16BrClN4O. The summed E-state index contributed by atoms with van der Waals surface area (Å²) < 4.78 is 0.875. The number of carbonyl (C=O) groups is 1. The standard InChI is InChI=1S/C18H16BrClN4O/c19-14-2-4-17(22-11-14)23-18(25)12-5-7-24(8-6-12)15-3-1-13(10-21)16(20)9-15/h1-4,9,11-12H,5-8H2,(H,22,23,25). The van der Waals surface area contributed by atoms with E-state index in [-0.39, 0.29) is 11.8 Å². The van der Waals surface area contributed by atoms with Gasteiger partial charge in [-0.2, -0.15) is 5.26 Å². The Bertz CT molecular complexity index is 811. The lowest BCUT2D eigenvalue weighted by molar-refractivity contribution is -0.120. The molecule has 128 valence electrons. The number of amides is 1. The third kappa shape index (κ3) is 4.30. The van der Waals surface area contributed by atoms with Gasteiger partial charge in [0.15, 0.2) is 0 Å². The number of nitriles is 1. The molecule has 25 heavy (non-hydrogen) atoms. The third-order valence-corrected chi connectivity index (χ3v) is 5.06. The summed E-state index contributed by atoms with van der Waals surface area (Å²) >= 11 is 9.43. The number of anilines is 2. The van der Waals surface area contributed by atoms with Crippen LogP contribution in [0.4, 0.5) is 11.5 Å². The highest BCUT2D eigenvalue weighted by Crippen LogP contribution is 2.28. The van der Waals surface area contributed by atoms with Crippen LogP contribution in [0.3, 0.4) is 0 Å². The zero-order valence-electron chi connectivity index (χ0n) is 13.4. The maximum atomic E-state index is 12.4. The Kier molecular flexibility index (Phi) is 5.57. The summed E-state index contributed by atoms with van der Waals surface area (Å²) in [5.41, 5.74) is 1.46. The second-order valence-electron chi connectivity index (χ2n) is 5.89. The van der Waals surface area contributed by atoms with Crippen LogP contribution in [0.2, 0.25) is 5.02 Å². The fourth-order valence-electron chi connectivity index (χ4n) is 2.87. The van der Waals surface area contributed by atoms with Crippen molar-refractivity contribution in [2.75, 3.05) is 23.3 Å². The van der Waals surface area contributed by atoms with E-state index in [0.717, 1.165) is 36.1 Å². The number of piperidine rings is 1. The van der Waals surface area contributed by atoms with Crippen molar-refractivity contribution in [3.8, 4) is 6.07 Å². The van der Waals surface area contributed by atoms with Crippen LogP contribution in [-0.4, -0.2) is 24.0 Å². The van der Waals surface area contributed by atoms with Crippen LogP contribution in [0.15, 0.2) is 41.0 Å². The van der Waals surface area contributed by atoms with Crippen molar-refractivity contribution in [2.24, 2.45) is 5.92 Å². The molecule has 2 heterocycles. The number of hydrogen-bond donors (Lipinski definition) is 1. The van der Waals surface area contributed by atoms with Crippen LogP contribution >= 0.6 is 27.5 Å². The van der Waals surface area contributed by atoms with Crippen molar-refractivity contribution >= 4 is 44.9 Å². The number of nitrogens with zero attached hydrogens (tertiary/aromatic N) is 3. The lowest BCUT2D eigenvalue weighted by Gasteiger charge is -2.33. The Morgan fingerprint density at radius 3 is 2.68 bits per heavy atom. The number of halogens is 2. The zero-order valence-corrected chi connectivity index (χ0v) is 15.7. The number of aromatic nitrogens is 1. The van der Waals surface area contributed by atoms with E-state index in [1.165, 1.54) is 0 Å². The van der Waals surface area contributed by atoms with Gasteiger partial charge in [0.05, 0.1) is 10.6 Å². The van der Waals surface area contributed by atoms with Gasteiger partial charge in [-0.3, -0.25) is 4.79 Å². The number of benzene rings is 1. The molecule has 1 amide bonds. The Balaban J connectivity index is 1.58. The number of rotatable bonds is 3. The van der Waals surface area contributed by atoms with E-state index >= 15 is 0 Å². The summed E-state index contributed by atoms with van der Waals surface area (Å²) in [7, 11) is 0. The van der Waals surface area contributed by atoms with Crippen molar-refractivity contribution in [3.63, 3.8) is 0 Å². The molecule has 0 atom stereocenters. The first-order valence-corrected chi connectivity index (χ1v) is 9.11. The van der Waals surface area contributed by atoms with E-state index < -0.39 is 0 Å². The van der Waals surface area contributed by atoms with Crippen molar-refractivity contribution in [1.29, 1.82) is 5.26 Å². The summed E-state index contributed by atoms with van der Waals surface area (Å²) in [6.45, 7) is 1.54. The molecule has 1 aliphatic rings. The van der Waals surface area contributed by atoms with Crippen LogP contribution < -0.4 is 10.2 Å². The molecule has 0 saturated carbocycles. The molecule has 1 aromatic carbocycles. The summed E-state index contributed by atoms with van der Waals surface area (Å²) in [6.07, 6.45) is 3.19. The summed E-state index contributed by atoms with van der Waals surface area (Å²) in [6, 6.07) is 11.1. The highest BCUT2D eigenvalue weighted by Gasteiger charge is 2.25. The molecule has 0 unspecified atom stereocenters. The minimum absolute atomic E-state index is 0.00679. The molecule has 1 fully saturated rings. The van der Waals surface area contributed by atoms with Crippen LogP contribution in [0, 0.1) is 17.2 Å². The first-order chi connectivity index (χ1) is 12.1. The molecule has 5 nitrogen and oxygen atoms in total. The molecule has 7 heteroatoms. The average Bonchev–Trinajstić information content (AvgIpc) is 2.63. The molecule has 1 N–H and O–H groups in total. The topological polar surface area (TPSA) is 69.0 Å². The SMILES string of the molecule is N#Cc1ccc(N2CCC(C(=O)Nc3ccc(Br)cn3)CC2)cc1Cl. The van der Waals surface area contributed by atoms with E-state index in [0.29, 0.717) is 16.4 Å². The predicted octanol–water partition coefficient (Wildman–Crippen LogP) is 4.22. The highest BCUT2D eigenvalue weighted by atomic mass is 79.9. The Morgan fingerprint density at radius 2 is 2.08 bits per heavy atom. The lowest BCUT2D eigenvalue weighted by atomic mass is 9.95. The van der Waals surface area contributed by atoms with Gasteiger partial charge in [0.25, 0.3) is 0 Å². The van der Waals surface area contributed by atoms with Gasteiger partial charge in [-0.05, 0) is 59.1 Å². The van der Waals surface area contributed by atoms with Crippen molar-refractivity contribution in [1.82, 2.24) is 4.98 Å². The van der Waals surface area contributed by atoms with Gasteiger partial charge in [0.2, 0.25) is 5.91 Å². The zero-order chi connectivity index (χ0) is 17.8. The van der Waals surface area contributed by atoms with Crippen LogP contribution in [0.1, 0.15) is 18.4 Å². The number of pyridine rings is 1. The fraction of sp³-hybridized carbons (Fsp3) is 0.278. The monoisotopic (exact) mass is 418 g/mol. The predicted molar refractivity (Wildman–Crippen MR) is 102 cm³/mol. The van der Waals surface area contributed by atoms with E-state index in [4.69, 9.17) is 16.9 Å². The van der Waals surface area contributed by atoms with Gasteiger partial charge in [-0.15, -0.1) is 0 Å². The van der Waals surface area contributed by atoms with E-state index in [9.17, 15) is 4.79 Å². The van der Waals surface area contributed by atoms with Gasteiger partial charge < -0.3 is 10.2 Å². The number of nitrogens with one attached hydrogen (secondary N) is 1. The maximum Gasteiger partial charge on any atom is 0.228 e. The Morgan fingerprint density at radius 1 is 1.32 bits per heavy atom. The van der Waals surface area contributed by atoms with Gasteiger partial charge in [-0.25, -0.2) is 4.98 Å². The highest BCUT2D eigenvalue weighted by molar-refractivity contribution is 9.10. The van der Waals surface area contributed by atoms with Gasteiger partial charge in [0, 0.05) is 35.4 Å². The molecule has 3 rings (SSSR count). The second-order valence-corrected chi connectivity index (χ2v) is 7.21. The van der Waals surface area contributed by atoms with Gasteiger partial charge in [-0.1, -0.05) is 11.6 Å². The first-order valence-electron chi connectivity index (χ1n) is 7.94. The van der Waals surface area contributed by atoms with Crippen molar-refractivity contribution in [2.45, 2.75) is 12.8 Å². The Labute approximate surface area is 159 Å². The molecule has 1 aliphatic heterocycles. The van der Waals surface area contributed by atoms with Crippen molar-refractivity contribution in [3.05, 3.63) is 51.6 Å². The van der Waals surface area contributed by atoms with Crippen LogP contribution in [0.5, 0.6) is 0 Å². The second kappa shape index (κ2) is 7.85. The smallest absolute Gasteiger partial charge is 0.228 e. The largest absolute Gasteiger partial charge is 0.371 e. The normalized spacial score (nSPS) is 14.8. The Hall–Kier alpha value is -2.10. The van der Waals surface area contributed by atoms with E-state index in [1.807, 2.05) is 18.2 Å². The van der Waals surface area contributed by atoms with Crippen molar-refractivity contribution < 1.29 is 4.79 Å². The summed E-state index contributed by atoms with van der Waals surface area (Å²) in [4.78, 5) is 18.8. The molecule has 0 radical (unpaired) electrons. The van der Waals surface area contributed by atoms with Crippen LogP contribution in [0.25, 0.3) is 0 Å². The molecule has 0 aliphatic carbocycles. The third-order valence-electron chi connectivity index (χ3n) is 4.28. The molecular weight excluding hydrogens is 404 g/mol. The molecule has 1 aromatic heterocycles. The summed E-state index contributed by atoms with van der Waals surface area (Å²) in [5.74, 6) is 0.539.